The molecule has 0 radical (unpaired) electrons. The van der Waals surface area contributed by atoms with Crippen LogP contribution in [-0.2, 0) is 4.74 Å². The number of halogens is 2. The van der Waals surface area contributed by atoms with Crippen LogP contribution in [0, 0.1) is 5.92 Å². The van der Waals surface area contributed by atoms with Gasteiger partial charge in [0.15, 0.2) is 0 Å². The van der Waals surface area contributed by atoms with Crippen molar-refractivity contribution in [1.29, 1.82) is 0 Å². The van der Waals surface area contributed by atoms with E-state index in [0.29, 0.717) is 29.1 Å². The molecule has 0 aliphatic carbocycles. The number of rotatable bonds is 8. The second-order valence-corrected chi connectivity index (χ2v) is 6.45. The lowest BCUT2D eigenvalue weighted by Crippen LogP contribution is -2.37. The largest absolute Gasteiger partial charge is 0.381 e. The Hall–Kier alpha value is -0.970. The summed E-state index contributed by atoms with van der Waals surface area (Å²) in [5.74, 6) is 0.529. The summed E-state index contributed by atoms with van der Waals surface area (Å²) in [5.41, 5.74) is 0.835. The predicted octanol–water partition coefficient (Wildman–Crippen LogP) is 4.42. The van der Waals surface area contributed by atoms with Crippen molar-refractivity contribution in [3.05, 3.63) is 33.8 Å². The molecule has 0 unspecified atom stereocenters. The maximum absolute atomic E-state index is 11.8. The van der Waals surface area contributed by atoms with Gasteiger partial charge in [0.05, 0.1) is 6.04 Å². The van der Waals surface area contributed by atoms with Gasteiger partial charge in [0.2, 0.25) is 0 Å². The molecule has 0 aromatic heterocycles. The lowest BCUT2D eigenvalue weighted by molar-refractivity contribution is 0.108. The first-order valence-corrected chi connectivity index (χ1v) is 8.22. The summed E-state index contributed by atoms with van der Waals surface area (Å²) in [5, 5.41) is 6.77. The molecule has 0 aliphatic rings. The van der Waals surface area contributed by atoms with Gasteiger partial charge < -0.3 is 15.4 Å². The van der Waals surface area contributed by atoms with Crippen molar-refractivity contribution in [3.63, 3.8) is 0 Å². The van der Waals surface area contributed by atoms with Crippen LogP contribution in [0.3, 0.4) is 0 Å². The first-order valence-electron chi connectivity index (χ1n) is 7.47. The molecular formula is C16H24Cl2N2O2. The van der Waals surface area contributed by atoms with Crippen molar-refractivity contribution in [3.8, 4) is 0 Å². The maximum atomic E-state index is 11.8. The number of benzene rings is 1. The topological polar surface area (TPSA) is 50.4 Å². The van der Waals surface area contributed by atoms with E-state index in [4.69, 9.17) is 27.9 Å². The fourth-order valence-corrected chi connectivity index (χ4v) is 2.45. The summed E-state index contributed by atoms with van der Waals surface area (Å²) in [6.45, 7) is 8.06. The minimum Gasteiger partial charge on any atom is -0.381 e. The van der Waals surface area contributed by atoms with Crippen molar-refractivity contribution in [1.82, 2.24) is 10.6 Å². The molecule has 22 heavy (non-hydrogen) atoms. The zero-order chi connectivity index (χ0) is 16.5. The summed E-state index contributed by atoms with van der Waals surface area (Å²) in [4.78, 5) is 11.8. The van der Waals surface area contributed by atoms with Crippen LogP contribution in [0.4, 0.5) is 4.79 Å². The zero-order valence-corrected chi connectivity index (χ0v) is 14.8. The molecule has 1 rings (SSSR count). The van der Waals surface area contributed by atoms with Crippen LogP contribution < -0.4 is 10.6 Å². The van der Waals surface area contributed by atoms with Crippen LogP contribution in [0.1, 0.15) is 38.8 Å². The fraction of sp³-hybridized carbons (Fsp3) is 0.562. The van der Waals surface area contributed by atoms with Crippen LogP contribution >= 0.6 is 23.2 Å². The van der Waals surface area contributed by atoms with Crippen molar-refractivity contribution < 1.29 is 9.53 Å². The predicted molar refractivity (Wildman–Crippen MR) is 91.7 cm³/mol. The lowest BCUT2D eigenvalue weighted by atomic mass is 10.1. The minimum absolute atomic E-state index is 0.193. The maximum Gasteiger partial charge on any atom is 0.315 e. The van der Waals surface area contributed by atoms with Crippen LogP contribution in [0.25, 0.3) is 0 Å². The number of hydrogen-bond acceptors (Lipinski definition) is 2. The average Bonchev–Trinajstić information content (AvgIpc) is 2.42. The van der Waals surface area contributed by atoms with Crippen LogP contribution in [0.5, 0.6) is 0 Å². The van der Waals surface area contributed by atoms with Crippen molar-refractivity contribution in [2.45, 2.75) is 33.2 Å². The van der Waals surface area contributed by atoms with Crippen LogP contribution in [0.15, 0.2) is 18.2 Å². The fourth-order valence-electron chi connectivity index (χ4n) is 1.87. The summed E-state index contributed by atoms with van der Waals surface area (Å²) in [6.07, 6.45) is 0.788. The Morgan fingerprint density at radius 1 is 1.27 bits per heavy atom. The summed E-state index contributed by atoms with van der Waals surface area (Å²) in [6, 6.07) is 4.82. The first-order chi connectivity index (χ1) is 10.4. The van der Waals surface area contributed by atoms with Gasteiger partial charge in [0.25, 0.3) is 0 Å². The van der Waals surface area contributed by atoms with Gasteiger partial charge >= 0.3 is 6.03 Å². The molecule has 0 saturated heterocycles. The van der Waals surface area contributed by atoms with Crippen LogP contribution in [-0.4, -0.2) is 25.8 Å². The monoisotopic (exact) mass is 346 g/mol. The molecule has 0 heterocycles. The van der Waals surface area contributed by atoms with Crippen molar-refractivity contribution in [2.24, 2.45) is 5.92 Å². The number of nitrogens with one attached hydrogen (secondary N) is 2. The first kappa shape index (κ1) is 19.1. The Labute approximate surface area is 142 Å². The molecule has 0 saturated carbocycles. The van der Waals surface area contributed by atoms with Gasteiger partial charge in [0, 0.05) is 29.8 Å². The number of carbonyl (C=O) groups is 1. The lowest BCUT2D eigenvalue weighted by Gasteiger charge is -2.16. The summed E-state index contributed by atoms with van der Waals surface area (Å²) < 4.78 is 5.45. The molecule has 4 nitrogen and oxygen atoms in total. The molecule has 6 heteroatoms. The third-order valence-corrected chi connectivity index (χ3v) is 3.54. The van der Waals surface area contributed by atoms with Gasteiger partial charge in [-0.15, -0.1) is 0 Å². The molecule has 1 aromatic carbocycles. The summed E-state index contributed by atoms with van der Waals surface area (Å²) >= 11 is 12.0. The molecule has 1 atom stereocenters. The number of carbonyl (C=O) groups excluding carboxylic acids is 1. The Morgan fingerprint density at radius 3 is 2.64 bits per heavy atom. The Bertz CT molecular complexity index is 481. The highest BCUT2D eigenvalue weighted by Gasteiger charge is 2.12. The molecule has 0 spiro atoms. The Kier molecular flexibility index (Phi) is 8.61. The molecule has 1 aromatic rings. The van der Waals surface area contributed by atoms with E-state index in [1.165, 1.54) is 0 Å². The van der Waals surface area contributed by atoms with E-state index in [0.717, 1.165) is 18.6 Å². The van der Waals surface area contributed by atoms with Crippen LogP contribution in [0.2, 0.25) is 10.0 Å². The van der Waals surface area contributed by atoms with Gasteiger partial charge in [-0.2, -0.15) is 0 Å². The second kappa shape index (κ2) is 9.93. The molecule has 0 aliphatic heterocycles. The van der Waals surface area contributed by atoms with E-state index >= 15 is 0 Å². The normalized spacial score (nSPS) is 12.3. The second-order valence-electron chi connectivity index (χ2n) is 5.61. The SMILES string of the molecule is CC(C)COCCCNC(=O)N[C@H](C)c1ccc(Cl)cc1Cl. The molecule has 0 bridgehead atoms. The van der Waals surface area contributed by atoms with E-state index in [1.807, 2.05) is 13.0 Å². The van der Waals surface area contributed by atoms with Crippen molar-refractivity contribution in [2.75, 3.05) is 19.8 Å². The van der Waals surface area contributed by atoms with E-state index in [9.17, 15) is 4.79 Å². The number of amides is 2. The van der Waals surface area contributed by atoms with E-state index in [2.05, 4.69) is 24.5 Å². The molecule has 0 fully saturated rings. The highest BCUT2D eigenvalue weighted by Crippen LogP contribution is 2.25. The van der Waals surface area contributed by atoms with E-state index in [1.54, 1.807) is 12.1 Å². The molecule has 2 amide bonds. The zero-order valence-electron chi connectivity index (χ0n) is 13.3. The Balaban J connectivity index is 2.27. The standard InChI is InChI=1S/C16H24Cl2N2O2/c1-11(2)10-22-8-4-7-19-16(21)20-12(3)14-6-5-13(17)9-15(14)18/h5-6,9,11-12H,4,7-8,10H2,1-3H3,(H2,19,20,21)/t12-/m1/s1. The van der Waals surface area contributed by atoms with E-state index < -0.39 is 0 Å². The number of hydrogen-bond donors (Lipinski definition) is 2. The number of urea groups is 1. The Morgan fingerprint density at radius 2 is 2.00 bits per heavy atom. The highest BCUT2D eigenvalue weighted by molar-refractivity contribution is 6.35. The molecular weight excluding hydrogens is 323 g/mol. The third-order valence-electron chi connectivity index (χ3n) is 2.98. The highest BCUT2D eigenvalue weighted by atomic mass is 35.5. The molecule has 124 valence electrons. The van der Waals surface area contributed by atoms with Gasteiger partial charge in [-0.05, 0) is 37.0 Å². The van der Waals surface area contributed by atoms with Gasteiger partial charge in [0.1, 0.15) is 0 Å². The van der Waals surface area contributed by atoms with Gasteiger partial charge in [-0.25, -0.2) is 4.79 Å². The number of ether oxygens (including phenoxy) is 1. The third kappa shape index (κ3) is 7.34. The van der Waals surface area contributed by atoms with Crippen molar-refractivity contribution >= 4 is 29.2 Å². The smallest absolute Gasteiger partial charge is 0.315 e. The van der Waals surface area contributed by atoms with Gasteiger partial charge in [-0.3, -0.25) is 0 Å². The summed E-state index contributed by atoms with van der Waals surface area (Å²) in [7, 11) is 0. The average molecular weight is 347 g/mol. The molecule has 2 N–H and O–H groups in total. The van der Waals surface area contributed by atoms with Gasteiger partial charge in [-0.1, -0.05) is 43.1 Å². The minimum atomic E-state index is -0.220. The quantitative estimate of drug-likeness (QED) is 0.684. The van der Waals surface area contributed by atoms with E-state index in [-0.39, 0.29) is 12.1 Å².